The number of hydrogen-bond acceptors (Lipinski definition) is 6. The molecule has 10 nitrogen and oxygen atoms in total. The molecule has 0 unspecified atom stereocenters. The van der Waals surface area contributed by atoms with Crippen molar-refractivity contribution in [2.75, 3.05) is 10.6 Å². The number of carbonyl (C=O) groups is 1. The van der Waals surface area contributed by atoms with Crippen molar-refractivity contribution in [3.8, 4) is 23.0 Å². The lowest BCUT2D eigenvalue weighted by Gasteiger charge is -2.13. The monoisotopic (exact) mass is 450 g/mol. The van der Waals surface area contributed by atoms with Crippen molar-refractivity contribution >= 4 is 17.5 Å². The molecule has 0 saturated heterocycles. The number of ether oxygens (including phenoxy) is 1. The minimum absolute atomic E-state index is 0.00102. The van der Waals surface area contributed by atoms with Crippen molar-refractivity contribution < 1.29 is 13.9 Å². The predicted octanol–water partition coefficient (Wildman–Crippen LogP) is 4.47. The van der Waals surface area contributed by atoms with Crippen LogP contribution in [0.25, 0.3) is 11.4 Å². The van der Waals surface area contributed by atoms with Gasteiger partial charge in [0.1, 0.15) is 23.7 Å². The van der Waals surface area contributed by atoms with Crippen molar-refractivity contribution in [2.24, 2.45) is 7.05 Å². The number of carbonyl (C=O) groups excluding carboxylic acids is 1. The second-order valence-corrected chi connectivity index (χ2v) is 8.32. The van der Waals surface area contributed by atoms with Crippen molar-refractivity contribution in [3.63, 3.8) is 0 Å². The van der Waals surface area contributed by atoms with E-state index in [1.165, 1.54) is 18.5 Å². The van der Waals surface area contributed by atoms with Crippen LogP contribution in [0, 0.1) is 5.82 Å². The van der Waals surface area contributed by atoms with Crippen LogP contribution in [0.5, 0.6) is 11.6 Å². The van der Waals surface area contributed by atoms with Crippen molar-refractivity contribution in [1.82, 2.24) is 29.9 Å². The molecule has 0 aliphatic carbocycles. The minimum Gasteiger partial charge on any atom is -0.439 e. The number of aromatic nitrogens is 6. The summed E-state index contributed by atoms with van der Waals surface area (Å²) in [5.74, 6) is 0.285. The summed E-state index contributed by atoms with van der Waals surface area (Å²) in [6.45, 7) is 6.08. The molecule has 3 heterocycles. The van der Waals surface area contributed by atoms with E-state index in [4.69, 9.17) is 4.74 Å². The average molecular weight is 450 g/mol. The number of aromatic amines is 1. The second kappa shape index (κ2) is 8.69. The summed E-state index contributed by atoms with van der Waals surface area (Å²) in [5.41, 5.74) is 1.94. The summed E-state index contributed by atoms with van der Waals surface area (Å²) >= 11 is 0. The first-order valence-corrected chi connectivity index (χ1v) is 10.1. The Morgan fingerprint density at radius 1 is 1.12 bits per heavy atom. The third-order valence-corrected chi connectivity index (χ3v) is 4.72. The van der Waals surface area contributed by atoms with E-state index in [1.807, 2.05) is 20.8 Å². The van der Waals surface area contributed by atoms with E-state index in [1.54, 1.807) is 36.1 Å². The molecular formula is C22H23FN8O2. The fraction of sp³-hybridized carbons (Fsp3) is 0.227. The van der Waals surface area contributed by atoms with Crippen molar-refractivity contribution in [3.05, 3.63) is 60.4 Å². The van der Waals surface area contributed by atoms with E-state index in [0.717, 1.165) is 11.8 Å². The quantitative estimate of drug-likeness (QED) is 0.412. The van der Waals surface area contributed by atoms with Crippen molar-refractivity contribution in [2.45, 2.75) is 26.2 Å². The molecule has 0 aliphatic rings. The summed E-state index contributed by atoms with van der Waals surface area (Å²) < 4.78 is 21.8. The summed E-state index contributed by atoms with van der Waals surface area (Å²) in [4.78, 5) is 20.6. The number of benzene rings is 1. The normalized spacial score (nSPS) is 11.3. The largest absolute Gasteiger partial charge is 0.439 e. The van der Waals surface area contributed by atoms with Crippen LogP contribution in [0.1, 0.15) is 26.5 Å². The Labute approximate surface area is 189 Å². The number of aryl methyl sites for hydroxylation is 1. The molecule has 3 aromatic heterocycles. The van der Waals surface area contributed by atoms with Gasteiger partial charge in [-0.15, -0.1) is 0 Å². The molecule has 170 valence electrons. The molecule has 33 heavy (non-hydrogen) atoms. The molecular weight excluding hydrogens is 427 g/mol. The van der Waals surface area contributed by atoms with Crippen LogP contribution in [0.4, 0.5) is 20.7 Å². The highest BCUT2D eigenvalue weighted by atomic mass is 19.1. The highest BCUT2D eigenvalue weighted by molar-refractivity contribution is 5.99. The van der Waals surface area contributed by atoms with E-state index in [-0.39, 0.29) is 22.7 Å². The third-order valence-electron chi connectivity index (χ3n) is 4.72. The van der Waals surface area contributed by atoms with Gasteiger partial charge in [0.15, 0.2) is 0 Å². The Morgan fingerprint density at radius 3 is 2.61 bits per heavy atom. The van der Waals surface area contributed by atoms with Crippen LogP contribution < -0.4 is 15.4 Å². The van der Waals surface area contributed by atoms with E-state index in [0.29, 0.717) is 17.2 Å². The van der Waals surface area contributed by atoms with Gasteiger partial charge in [-0.2, -0.15) is 10.2 Å². The fourth-order valence-electron chi connectivity index (χ4n) is 2.94. The molecule has 0 bridgehead atoms. The van der Waals surface area contributed by atoms with E-state index in [2.05, 4.69) is 35.9 Å². The lowest BCUT2D eigenvalue weighted by atomic mass is 9.92. The first-order valence-electron chi connectivity index (χ1n) is 10.1. The van der Waals surface area contributed by atoms with Gasteiger partial charge >= 0.3 is 6.03 Å². The van der Waals surface area contributed by atoms with E-state index < -0.39 is 11.8 Å². The molecule has 0 saturated carbocycles. The number of amides is 2. The van der Waals surface area contributed by atoms with Crippen LogP contribution in [-0.2, 0) is 12.5 Å². The molecule has 0 fully saturated rings. The molecule has 1 aromatic carbocycles. The van der Waals surface area contributed by atoms with Gasteiger partial charge in [0.25, 0.3) is 0 Å². The van der Waals surface area contributed by atoms with Gasteiger partial charge in [-0.25, -0.2) is 19.2 Å². The maximum Gasteiger partial charge on any atom is 0.324 e. The molecule has 0 radical (unpaired) electrons. The summed E-state index contributed by atoms with van der Waals surface area (Å²) in [7, 11) is 1.72. The highest BCUT2D eigenvalue weighted by Gasteiger charge is 2.20. The third kappa shape index (κ3) is 5.14. The summed E-state index contributed by atoms with van der Waals surface area (Å²) in [6, 6.07) is 8.65. The lowest BCUT2D eigenvalue weighted by molar-refractivity contribution is 0.262. The molecule has 3 N–H and O–H groups in total. The van der Waals surface area contributed by atoms with Crippen LogP contribution in [0.2, 0.25) is 0 Å². The first kappa shape index (κ1) is 21.9. The zero-order valence-electron chi connectivity index (χ0n) is 18.5. The Kier molecular flexibility index (Phi) is 5.78. The van der Waals surface area contributed by atoms with Gasteiger partial charge in [0, 0.05) is 36.9 Å². The second-order valence-electron chi connectivity index (χ2n) is 8.32. The number of nitrogens with one attached hydrogen (secondary N) is 3. The zero-order valence-corrected chi connectivity index (χ0v) is 18.5. The predicted molar refractivity (Wildman–Crippen MR) is 121 cm³/mol. The minimum atomic E-state index is -0.661. The topological polar surface area (TPSA) is 123 Å². The molecule has 2 amide bonds. The lowest BCUT2D eigenvalue weighted by Crippen LogP contribution is -2.21. The first-order chi connectivity index (χ1) is 15.7. The molecule has 4 aromatic rings. The number of anilines is 2. The number of rotatable bonds is 5. The fourth-order valence-corrected chi connectivity index (χ4v) is 2.94. The smallest absolute Gasteiger partial charge is 0.324 e. The summed E-state index contributed by atoms with van der Waals surface area (Å²) in [5, 5.41) is 16.3. The number of halogens is 1. The van der Waals surface area contributed by atoms with Crippen LogP contribution >= 0.6 is 0 Å². The molecule has 0 spiro atoms. The van der Waals surface area contributed by atoms with Gasteiger partial charge in [-0.1, -0.05) is 20.8 Å². The standard InChI is InChI=1S/C22H23FN8O2/c1-22(2,3)18-11-19(31(4)30-18)28-21(32)27-15-6-5-13(9-14(15)23)33-20-10-17(24-12-25-20)16-7-8-26-29-16/h5-12H,1-4H3,(H,26,29)(H2,27,28,32). The van der Waals surface area contributed by atoms with Gasteiger partial charge in [-0.3, -0.25) is 15.1 Å². The Morgan fingerprint density at radius 2 is 1.94 bits per heavy atom. The van der Waals surface area contributed by atoms with Crippen molar-refractivity contribution in [1.29, 1.82) is 0 Å². The SMILES string of the molecule is Cn1nc(C(C)(C)C)cc1NC(=O)Nc1ccc(Oc2cc(-c3ccn[nH]3)ncn2)cc1F. The molecule has 4 rings (SSSR count). The Hall–Kier alpha value is -4.28. The number of nitrogens with zero attached hydrogens (tertiary/aromatic N) is 5. The van der Waals surface area contributed by atoms with Crippen LogP contribution in [0.3, 0.4) is 0 Å². The van der Waals surface area contributed by atoms with Crippen LogP contribution in [-0.4, -0.2) is 36.0 Å². The Bertz CT molecular complexity index is 1280. The maximum absolute atomic E-state index is 14.6. The van der Waals surface area contributed by atoms with Gasteiger partial charge in [-0.05, 0) is 18.2 Å². The average Bonchev–Trinajstić information content (AvgIpc) is 3.41. The van der Waals surface area contributed by atoms with Gasteiger partial charge in [0.05, 0.1) is 22.8 Å². The van der Waals surface area contributed by atoms with Gasteiger partial charge in [0.2, 0.25) is 5.88 Å². The Balaban J connectivity index is 1.42. The molecule has 0 aliphatic heterocycles. The number of H-pyrrole nitrogens is 1. The maximum atomic E-state index is 14.6. The number of urea groups is 1. The van der Waals surface area contributed by atoms with E-state index >= 15 is 0 Å². The summed E-state index contributed by atoms with van der Waals surface area (Å²) in [6.07, 6.45) is 2.94. The zero-order chi connectivity index (χ0) is 23.6. The van der Waals surface area contributed by atoms with E-state index in [9.17, 15) is 9.18 Å². The van der Waals surface area contributed by atoms with Crippen LogP contribution in [0.15, 0.2) is 48.9 Å². The highest BCUT2D eigenvalue weighted by Crippen LogP contribution is 2.27. The molecule has 11 heteroatoms. The number of hydrogen-bond donors (Lipinski definition) is 3. The molecule has 0 atom stereocenters. The van der Waals surface area contributed by atoms with Gasteiger partial charge < -0.3 is 10.1 Å².